The van der Waals surface area contributed by atoms with Crippen LogP contribution in [0.2, 0.25) is 0 Å². The SMILES string of the molecule is O=C(O)c1nccnc1CC(=O)N1CCN(C(=O)c2cccc(OCCC3CCCCC3)c2)CC1. The van der Waals surface area contributed by atoms with Gasteiger partial charge < -0.3 is 19.6 Å². The van der Waals surface area contributed by atoms with Crippen LogP contribution in [0.15, 0.2) is 36.7 Å². The van der Waals surface area contributed by atoms with E-state index in [1.165, 1.54) is 44.5 Å². The second kappa shape index (κ2) is 11.8. The zero-order chi connectivity index (χ0) is 24.6. The van der Waals surface area contributed by atoms with E-state index in [-0.39, 0.29) is 29.6 Å². The first kappa shape index (κ1) is 24.6. The minimum absolute atomic E-state index is 0.0862. The Morgan fingerprint density at radius 3 is 2.43 bits per heavy atom. The lowest BCUT2D eigenvalue weighted by molar-refractivity contribution is -0.132. The third-order valence-electron chi connectivity index (χ3n) is 6.82. The second-order valence-electron chi connectivity index (χ2n) is 9.18. The molecule has 1 saturated carbocycles. The summed E-state index contributed by atoms with van der Waals surface area (Å²) in [7, 11) is 0. The molecule has 9 heteroatoms. The molecule has 1 N–H and O–H groups in total. The highest BCUT2D eigenvalue weighted by atomic mass is 16.5. The van der Waals surface area contributed by atoms with Crippen molar-refractivity contribution in [2.75, 3.05) is 32.8 Å². The molecule has 1 saturated heterocycles. The standard InChI is InChI=1S/C26H32N4O5/c31-23(18-22-24(26(33)34)28-11-10-27-22)29-12-14-30(15-13-29)25(32)20-7-4-8-21(17-20)35-16-9-19-5-2-1-3-6-19/h4,7-8,10-11,17,19H,1-3,5-6,9,12-16,18H2,(H,33,34). The molecule has 1 aromatic carbocycles. The molecule has 2 aromatic rings. The zero-order valence-corrected chi connectivity index (χ0v) is 19.9. The predicted octanol–water partition coefficient (Wildman–Crippen LogP) is 3.05. The van der Waals surface area contributed by atoms with Crippen molar-refractivity contribution in [2.45, 2.75) is 44.9 Å². The monoisotopic (exact) mass is 480 g/mol. The Labute approximate surface area is 205 Å². The summed E-state index contributed by atoms with van der Waals surface area (Å²) in [5, 5.41) is 9.24. The van der Waals surface area contributed by atoms with Crippen LogP contribution in [0, 0.1) is 5.92 Å². The maximum Gasteiger partial charge on any atom is 0.356 e. The van der Waals surface area contributed by atoms with E-state index in [2.05, 4.69) is 9.97 Å². The molecular weight excluding hydrogens is 448 g/mol. The summed E-state index contributed by atoms with van der Waals surface area (Å²) in [6.45, 7) is 2.24. The summed E-state index contributed by atoms with van der Waals surface area (Å²) in [6.07, 6.45) is 10.1. The molecule has 0 radical (unpaired) electrons. The van der Waals surface area contributed by atoms with Crippen LogP contribution in [0.25, 0.3) is 0 Å². The zero-order valence-electron chi connectivity index (χ0n) is 19.9. The fraction of sp³-hybridized carbons (Fsp3) is 0.500. The molecule has 2 heterocycles. The number of aromatic carboxylic acids is 1. The summed E-state index contributed by atoms with van der Waals surface area (Å²) in [5.41, 5.74) is 0.505. The summed E-state index contributed by atoms with van der Waals surface area (Å²) in [4.78, 5) is 48.2. The van der Waals surface area contributed by atoms with Crippen molar-refractivity contribution in [2.24, 2.45) is 5.92 Å². The Morgan fingerprint density at radius 1 is 0.971 bits per heavy atom. The van der Waals surface area contributed by atoms with Gasteiger partial charge in [0, 0.05) is 44.1 Å². The van der Waals surface area contributed by atoms with Gasteiger partial charge in [0.2, 0.25) is 5.91 Å². The summed E-state index contributed by atoms with van der Waals surface area (Å²) >= 11 is 0. The maximum absolute atomic E-state index is 13.0. The van der Waals surface area contributed by atoms with Gasteiger partial charge >= 0.3 is 5.97 Å². The van der Waals surface area contributed by atoms with Gasteiger partial charge in [0.1, 0.15) is 5.75 Å². The van der Waals surface area contributed by atoms with Gasteiger partial charge in [-0.15, -0.1) is 0 Å². The third kappa shape index (κ3) is 6.55. The van der Waals surface area contributed by atoms with Gasteiger partial charge in [-0.2, -0.15) is 0 Å². The van der Waals surface area contributed by atoms with E-state index in [0.717, 1.165) is 12.3 Å². The number of nitrogens with zero attached hydrogens (tertiary/aromatic N) is 4. The topological polar surface area (TPSA) is 113 Å². The minimum Gasteiger partial charge on any atom is -0.494 e. The fourth-order valence-electron chi connectivity index (χ4n) is 4.81. The van der Waals surface area contributed by atoms with Gasteiger partial charge in [0.15, 0.2) is 5.69 Å². The highest BCUT2D eigenvalue weighted by Crippen LogP contribution is 2.26. The lowest BCUT2D eigenvalue weighted by Gasteiger charge is -2.35. The highest BCUT2D eigenvalue weighted by molar-refractivity contribution is 5.95. The quantitative estimate of drug-likeness (QED) is 0.618. The van der Waals surface area contributed by atoms with E-state index >= 15 is 0 Å². The van der Waals surface area contributed by atoms with Crippen LogP contribution in [-0.2, 0) is 11.2 Å². The average Bonchev–Trinajstić information content (AvgIpc) is 2.89. The Balaban J connectivity index is 1.27. The first-order chi connectivity index (χ1) is 17.0. The molecule has 2 fully saturated rings. The molecule has 2 aliphatic rings. The van der Waals surface area contributed by atoms with Gasteiger partial charge in [-0.05, 0) is 30.5 Å². The van der Waals surface area contributed by atoms with E-state index in [0.29, 0.717) is 44.1 Å². The molecule has 0 atom stereocenters. The number of carboxylic acid groups (broad SMARTS) is 1. The van der Waals surface area contributed by atoms with Crippen molar-refractivity contribution in [3.8, 4) is 5.75 Å². The molecule has 4 rings (SSSR count). The average molecular weight is 481 g/mol. The molecule has 1 aliphatic carbocycles. The summed E-state index contributed by atoms with van der Waals surface area (Å²) in [5.74, 6) is -0.0715. The number of carbonyl (C=O) groups excluding carboxylic acids is 2. The molecule has 0 unspecified atom stereocenters. The van der Waals surface area contributed by atoms with Crippen LogP contribution >= 0.6 is 0 Å². The third-order valence-corrected chi connectivity index (χ3v) is 6.82. The number of aromatic nitrogens is 2. The number of benzene rings is 1. The van der Waals surface area contributed by atoms with E-state index in [1.807, 2.05) is 12.1 Å². The van der Waals surface area contributed by atoms with Crippen molar-refractivity contribution in [3.05, 3.63) is 53.6 Å². The molecular formula is C26H32N4O5. The van der Waals surface area contributed by atoms with E-state index in [9.17, 15) is 19.5 Å². The number of hydrogen-bond donors (Lipinski definition) is 1. The van der Waals surface area contributed by atoms with Crippen LogP contribution in [0.5, 0.6) is 5.75 Å². The molecule has 0 spiro atoms. The maximum atomic E-state index is 13.0. The predicted molar refractivity (Wildman–Crippen MR) is 128 cm³/mol. The number of amides is 2. The van der Waals surface area contributed by atoms with Crippen LogP contribution in [0.3, 0.4) is 0 Å². The largest absolute Gasteiger partial charge is 0.494 e. The number of piperazine rings is 1. The van der Waals surface area contributed by atoms with E-state index in [1.54, 1.807) is 21.9 Å². The number of carbonyl (C=O) groups is 3. The molecule has 35 heavy (non-hydrogen) atoms. The first-order valence-corrected chi connectivity index (χ1v) is 12.3. The van der Waals surface area contributed by atoms with Crippen molar-refractivity contribution in [1.82, 2.24) is 19.8 Å². The van der Waals surface area contributed by atoms with Crippen LogP contribution in [0.4, 0.5) is 0 Å². The van der Waals surface area contributed by atoms with E-state index < -0.39 is 5.97 Å². The van der Waals surface area contributed by atoms with Gasteiger partial charge in [0.05, 0.1) is 18.7 Å². The Bertz CT molecular complexity index is 1050. The summed E-state index contributed by atoms with van der Waals surface area (Å²) < 4.78 is 5.94. The lowest BCUT2D eigenvalue weighted by atomic mass is 9.87. The fourth-order valence-corrected chi connectivity index (χ4v) is 4.81. The molecule has 2 amide bonds. The molecule has 9 nitrogen and oxygen atoms in total. The van der Waals surface area contributed by atoms with Crippen molar-refractivity contribution in [3.63, 3.8) is 0 Å². The van der Waals surface area contributed by atoms with Crippen molar-refractivity contribution < 1.29 is 24.2 Å². The van der Waals surface area contributed by atoms with E-state index in [4.69, 9.17) is 4.74 Å². The van der Waals surface area contributed by atoms with Gasteiger partial charge in [0.25, 0.3) is 5.91 Å². The van der Waals surface area contributed by atoms with Crippen LogP contribution in [0.1, 0.15) is 65.1 Å². The second-order valence-corrected chi connectivity index (χ2v) is 9.18. The number of ether oxygens (including phenoxy) is 1. The minimum atomic E-state index is -1.21. The Hall–Kier alpha value is -3.49. The van der Waals surface area contributed by atoms with Crippen molar-refractivity contribution >= 4 is 17.8 Å². The van der Waals surface area contributed by atoms with Crippen LogP contribution < -0.4 is 4.74 Å². The lowest BCUT2D eigenvalue weighted by Crippen LogP contribution is -2.51. The molecule has 186 valence electrons. The van der Waals surface area contributed by atoms with Crippen LogP contribution in [-0.4, -0.2) is 75.4 Å². The normalized spacial score (nSPS) is 16.7. The Kier molecular flexibility index (Phi) is 8.28. The van der Waals surface area contributed by atoms with Gasteiger partial charge in [-0.1, -0.05) is 38.2 Å². The number of rotatable bonds is 8. The highest BCUT2D eigenvalue weighted by Gasteiger charge is 2.26. The number of hydrogen-bond acceptors (Lipinski definition) is 6. The first-order valence-electron chi connectivity index (χ1n) is 12.3. The smallest absolute Gasteiger partial charge is 0.356 e. The van der Waals surface area contributed by atoms with Crippen molar-refractivity contribution in [1.29, 1.82) is 0 Å². The van der Waals surface area contributed by atoms with Gasteiger partial charge in [-0.3, -0.25) is 14.6 Å². The molecule has 1 aliphatic heterocycles. The molecule has 1 aromatic heterocycles. The molecule has 0 bridgehead atoms. The Morgan fingerprint density at radius 2 is 1.69 bits per heavy atom. The van der Waals surface area contributed by atoms with Gasteiger partial charge in [-0.25, -0.2) is 9.78 Å². The summed E-state index contributed by atoms with van der Waals surface area (Å²) in [6, 6.07) is 7.30. The number of carboxylic acids is 1.